The number of hydrogen-bond donors (Lipinski definition) is 2. The zero-order chi connectivity index (χ0) is 10.0. The van der Waals surface area contributed by atoms with Crippen molar-refractivity contribution in [1.82, 2.24) is 4.98 Å². The van der Waals surface area contributed by atoms with Crippen molar-refractivity contribution < 1.29 is 9.90 Å². The van der Waals surface area contributed by atoms with Crippen LogP contribution in [0.4, 0.5) is 5.00 Å². The minimum atomic E-state index is -0.984. The van der Waals surface area contributed by atoms with Crippen molar-refractivity contribution in [2.45, 2.75) is 26.9 Å². The van der Waals surface area contributed by atoms with Gasteiger partial charge in [0.25, 0.3) is 5.91 Å². The summed E-state index contributed by atoms with van der Waals surface area (Å²) in [6, 6.07) is 0. The minimum Gasteiger partial charge on any atom is -0.384 e. The van der Waals surface area contributed by atoms with E-state index in [1.165, 1.54) is 18.3 Å². The molecule has 0 aliphatic carbocycles. The Hall–Kier alpha value is -0.940. The van der Waals surface area contributed by atoms with Crippen molar-refractivity contribution in [3.8, 4) is 0 Å². The topological polar surface area (TPSA) is 62.2 Å². The molecule has 0 aliphatic rings. The van der Waals surface area contributed by atoms with Gasteiger partial charge in [-0.1, -0.05) is 0 Å². The van der Waals surface area contributed by atoms with Gasteiger partial charge in [0.15, 0.2) is 0 Å². The molecule has 1 atom stereocenters. The number of aryl methyl sites for hydroxylation is 2. The van der Waals surface area contributed by atoms with Gasteiger partial charge in [-0.2, -0.15) is 0 Å². The van der Waals surface area contributed by atoms with Gasteiger partial charge in [-0.25, -0.2) is 4.98 Å². The van der Waals surface area contributed by atoms with E-state index in [1.54, 1.807) is 0 Å². The molecule has 13 heavy (non-hydrogen) atoms. The number of hydrogen-bond acceptors (Lipinski definition) is 4. The summed E-state index contributed by atoms with van der Waals surface area (Å²) in [7, 11) is 0. The Balaban J connectivity index is 2.74. The summed E-state index contributed by atoms with van der Waals surface area (Å²) in [5, 5.41) is 13.2. The molecule has 0 bridgehead atoms. The Bertz CT molecular complexity index is 320. The van der Waals surface area contributed by atoms with Gasteiger partial charge in [0.1, 0.15) is 11.1 Å². The van der Waals surface area contributed by atoms with E-state index in [0.717, 1.165) is 10.7 Å². The van der Waals surface area contributed by atoms with E-state index in [1.807, 2.05) is 13.8 Å². The maximum atomic E-state index is 11.1. The number of nitrogens with one attached hydrogen (secondary N) is 1. The molecule has 0 aliphatic heterocycles. The highest BCUT2D eigenvalue weighted by molar-refractivity contribution is 7.16. The van der Waals surface area contributed by atoms with Gasteiger partial charge in [-0.3, -0.25) is 4.79 Å². The van der Waals surface area contributed by atoms with E-state index in [9.17, 15) is 4.79 Å². The Morgan fingerprint density at radius 3 is 2.62 bits per heavy atom. The fourth-order valence-corrected chi connectivity index (χ4v) is 1.69. The van der Waals surface area contributed by atoms with E-state index in [0.29, 0.717) is 5.00 Å². The second-order valence-corrected chi connectivity index (χ2v) is 4.02. The van der Waals surface area contributed by atoms with Crippen LogP contribution in [-0.4, -0.2) is 22.1 Å². The molecule has 1 aromatic heterocycles. The molecule has 0 saturated heterocycles. The number of nitrogens with zero attached hydrogens (tertiary/aromatic N) is 1. The third-order valence-electron chi connectivity index (χ3n) is 1.52. The number of aromatic nitrogens is 1. The summed E-state index contributed by atoms with van der Waals surface area (Å²) in [5.41, 5.74) is 0.788. The number of aliphatic hydroxyl groups is 1. The third-order valence-corrected chi connectivity index (χ3v) is 2.51. The van der Waals surface area contributed by atoms with Gasteiger partial charge in [0.2, 0.25) is 0 Å². The van der Waals surface area contributed by atoms with Crippen molar-refractivity contribution in [3.05, 3.63) is 10.7 Å². The molecule has 0 radical (unpaired) electrons. The fourth-order valence-electron chi connectivity index (χ4n) is 0.864. The lowest BCUT2D eigenvalue weighted by Gasteiger charge is -2.04. The summed E-state index contributed by atoms with van der Waals surface area (Å²) < 4.78 is 0. The van der Waals surface area contributed by atoms with Gasteiger partial charge in [0, 0.05) is 0 Å². The second-order valence-electron chi connectivity index (χ2n) is 2.81. The van der Waals surface area contributed by atoms with Gasteiger partial charge in [-0.15, -0.1) is 11.3 Å². The largest absolute Gasteiger partial charge is 0.384 e. The minimum absolute atomic E-state index is 0.397. The first-order chi connectivity index (χ1) is 6.00. The van der Waals surface area contributed by atoms with Crippen LogP contribution in [0.5, 0.6) is 0 Å². The van der Waals surface area contributed by atoms with E-state index in [2.05, 4.69) is 10.3 Å². The van der Waals surface area contributed by atoms with Crippen LogP contribution in [0.2, 0.25) is 0 Å². The van der Waals surface area contributed by atoms with Crippen LogP contribution in [0, 0.1) is 13.8 Å². The molecule has 0 saturated carbocycles. The second kappa shape index (κ2) is 3.85. The highest BCUT2D eigenvalue weighted by Crippen LogP contribution is 2.22. The van der Waals surface area contributed by atoms with Gasteiger partial charge in [0.05, 0.1) is 10.7 Å². The molecule has 1 rings (SSSR count). The number of aliphatic hydroxyl groups excluding tert-OH is 1. The SMILES string of the molecule is Cc1nc(C)c(NC(=O)[C@@H](C)O)s1. The van der Waals surface area contributed by atoms with E-state index in [-0.39, 0.29) is 0 Å². The van der Waals surface area contributed by atoms with E-state index in [4.69, 9.17) is 5.11 Å². The number of rotatable bonds is 2. The van der Waals surface area contributed by atoms with Crippen molar-refractivity contribution in [1.29, 1.82) is 0 Å². The van der Waals surface area contributed by atoms with Crippen LogP contribution >= 0.6 is 11.3 Å². The normalized spacial score (nSPS) is 12.6. The van der Waals surface area contributed by atoms with E-state index < -0.39 is 12.0 Å². The van der Waals surface area contributed by atoms with Crippen molar-refractivity contribution in [3.63, 3.8) is 0 Å². The molecular formula is C8H12N2O2S. The standard InChI is InChI=1S/C8H12N2O2S/c1-4-8(13-6(3)9-4)10-7(12)5(2)11/h5,11H,1-3H3,(H,10,12)/t5-/m1/s1. The summed E-state index contributed by atoms with van der Waals surface area (Å²) in [6.07, 6.45) is -0.984. The summed E-state index contributed by atoms with van der Waals surface area (Å²) >= 11 is 1.41. The lowest BCUT2D eigenvalue weighted by atomic mass is 10.4. The first-order valence-corrected chi connectivity index (χ1v) is 4.75. The molecule has 1 aromatic rings. The predicted octanol–water partition coefficient (Wildman–Crippen LogP) is 1.08. The lowest BCUT2D eigenvalue weighted by molar-refractivity contribution is -0.123. The van der Waals surface area contributed by atoms with Crippen LogP contribution in [0.25, 0.3) is 0 Å². The molecule has 0 spiro atoms. The Labute approximate surface area is 80.6 Å². The Kier molecular flexibility index (Phi) is 3.00. The molecule has 1 heterocycles. The number of carbonyl (C=O) groups excluding carboxylic acids is 1. The number of carbonyl (C=O) groups is 1. The summed E-state index contributed by atoms with van der Waals surface area (Å²) in [6.45, 7) is 5.12. The quantitative estimate of drug-likeness (QED) is 0.751. The Morgan fingerprint density at radius 1 is 1.62 bits per heavy atom. The maximum Gasteiger partial charge on any atom is 0.253 e. The molecule has 2 N–H and O–H groups in total. The first-order valence-electron chi connectivity index (χ1n) is 3.93. The van der Waals surface area contributed by atoms with Crippen molar-refractivity contribution in [2.24, 2.45) is 0 Å². The maximum absolute atomic E-state index is 11.1. The van der Waals surface area contributed by atoms with Crippen molar-refractivity contribution in [2.75, 3.05) is 5.32 Å². The molecule has 0 fully saturated rings. The number of amides is 1. The summed E-state index contributed by atoms with van der Waals surface area (Å²) in [5.74, 6) is -0.397. The third kappa shape index (κ3) is 2.50. The lowest BCUT2D eigenvalue weighted by Crippen LogP contribution is -2.24. The van der Waals surface area contributed by atoms with Crippen LogP contribution in [0.15, 0.2) is 0 Å². The highest BCUT2D eigenvalue weighted by Gasteiger charge is 2.12. The van der Waals surface area contributed by atoms with Crippen LogP contribution < -0.4 is 5.32 Å². The average molecular weight is 200 g/mol. The average Bonchev–Trinajstić information content (AvgIpc) is 2.30. The smallest absolute Gasteiger partial charge is 0.253 e. The molecule has 1 amide bonds. The van der Waals surface area contributed by atoms with Gasteiger partial charge >= 0.3 is 0 Å². The molecule has 4 nitrogen and oxygen atoms in total. The molecule has 72 valence electrons. The Morgan fingerprint density at radius 2 is 2.23 bits per heavy atom. The monoisotopic (exact) mass is 200 g/mol. The molecule has 0 aromatic carbocycles. The fraction of sp³-hybridized carbons (Fsp3) is 0.500. The predicted molar refractivity (Wildman–Crippen MR) is 51.9 cm³/mol. The highest BCUT2D eigenvalue weighted by atomic mass is 32.1. The zero-order valence-electron chi connectivity index (χ0n) is 7.79. The van der Waals surface area contributed by atoms with Gasteiger partial charge in [-0.05, 0) is 20.8 Å². The number of anilines is 1. The van der Waals surface area contributed by atoms with Crippen LogP contribution in [0.1, 0.15) is 17.6 Å². The molecule has 5 heteroatoms. The summed E-state index contributed by atoms with van der Waals surface area (Å²) in [4.78, 5) is 15.2. The van der Waals surface area contributed by atoms with E-state index >= 15 is 0 Å². The molecular weight excluding hydrogens is 188 g/mol. The molecule has 0 unspecified atom stereocenters. The first kappa shape index (κ1) is 10.1. The number of thiazole rings is 1. The van der Waals surface area contributed by atoms with Crippen molar-refractivity contribution >= 4 is 22.2 Å². The van der Waals surface area contributed by atoms with Crippen LogP contribution in [0.3, 0.4) is 0 Å². The zero-order valence-corrected chi connectivity index (χ0v) is 8.60. The van der Waals surface area contributed by atoms with Crippen LogP contribution in [-0.2, 0) is 4.79 Å². The van der Waals surface area contributed by atoms with Gasteiger partial charge < -0.3 is 10.4 Å².